The molecule has 9 heteroatoms. The van der Waals surface area contributed by atoms with Crippen molar-refractivity contribution in [2.24, 2.45) is 0 Å². The van der Waals surface area contributed by atoms with Crippen LogP contribution in [0.1, 0.15) is 13.3 Å². The molecule has 4 aromatic rings. The number of halogens is 1. The van der Waals surface area contributed by atoms with Crippen LogP contribution < -0.4 is 20.9 Å². The highest BCUT2D eigenvalue weighted by molar-refractivity contribution is 6.31. The summed E-state index contributed by atoms with van der Waals surface area (Å²) in [6, 6.07) is 21.4. The van der Waals surface area contributed by atoms with Crippen molar-refractivity contribution >= 4 is 62.9 Å². The third kappa shape index (κ3) is 6.10. The number of carbonyl (C=O) groups is 1. The topological polar surface area (TPSA) is 85.4 Å². The van der Waals surface area contributed by atoms with E-state index >= 15 is 0 Å². The van der Waals surface area contributed by atoms with E-state index in [1.807, 2.05) is 49.4 Å². The van der Waals surface area contributed by atoms with Crippen LogP contribution in [0.3, 0.4) is 0 Å². The number of fused-ring (bicyclic) bond motifs is 1. The number of aromatic nitrogens is 2. The summed E-state index contributed by atoms with van der Waals surface area (Å²) in [5.41, 5.74) is 4.38. The van der Waals surface area contributed by atoms with Crippen LogP contribution >= 0.6 is 11.6 Å². The lowest BCUT2D eigenvalue weighted by atomic mass is 10.2. The Morgan fingerprint density at radius 1 is 0.892 bits per heavy atom. The van der Waals surface area contributed by atoms with Gasteiger partial charge in [0, 0.05) is 65.8 Å². The quantitative estimate of drug-likeness (QED) is 0.284. The molecule has 1 aromatic heterocycles. The van der Waals surface area contributed by atoms with Crippen molar-refractivity contribution in [2.45, 2.75) is 13.3 Å². The Kier molecular flexibility index (Phi) is 7.39. The van der Waals surface area contributed by atoms with E-state index < -0.39 is 0 Å². The molecule has 1 amide bonds. The number of nitrogens with one attached hydrogen (secondary N) is 3. The van der Waals surface area contributed by atoms with Crippen molar-refractivity contribution in [3.8, 4) is 0 Å². The fourth-order valence-corrected chi connectivity index (χ4v) is 4.43. The number of hydrogen-bond acceptors (Lipinski definition) is 7. The first-order valence-electron chi connectivity index (χ1n) is 12.4. The van der Waals surface area contributed by atoms with Gasteiger partial charge in [0.25, 0.3) is 0 Å². The summed E-state index contributed by atoms with van der Waals surface area (Å²) >= 11 is 6.30. The van der Waals surface area contributed by atoms with Gasteiger partial charge in [0.2, 0.25) is 11.9 Å². The van der Waals surface area contributed by atoms with Crippen molar-refractivity contribution in [3.63, 3.8) is 0 Å². The summed E-state index contributed by atoms with van der Waals surface area (Å²) in [4.78, 5) is 26.0. The Labute approximate surface area is 221 Å². The molecule has 3 N–H and O–H groups in total. The van der Waals surface area contributed by atoms with Crippen molar-refractivity contribution in [1.82, 2.24) is 14.9 Å². The molecule has 0 radical (unpaired) electrons. The van der Waals surface area contributed by atoms with Gasteiger partial charge in [-0.15, -0.1) is 0 Å². The van der Waals surface area contributed by atoms with E-state index in [4.69, 9.17) is 21.6 Å². The van der Waals surface area contributed by atoms with Crippen molar-refractivity contribution in [2.75, 3.05) is 54.1 Å². The molecule has 1 aliphatic heterocycles. The number of carbonyl (C=O) groups excluding carboxylic acids is 1. The summed E-state index contributed by atoms with van der Waals surface area (Å²) in [5, 5.41) is 11.0. The maximum atomic E-state index is 11.8. The lowest BCUT2D eigenvalue weighted by Gasteiger charge is -2.34. The van der Waals surface area contributed by atoms with E-state index in [1.165, 1.54) is 5.69 Å². The fraction of sp³-hybridized carbons (Fsp3) is 0.250. The summed E-state index contributed by atoms with van der Waals surface area (Å²) < 4.78 is 0. The summed E-state index contributed by atoms with van der Waals surface area (Å²) in [6.45, 7) is 6.01. The molecule has 190 valence electrons. The molecule has 0 saturated carbocycles. The molecule has 0 atom stereocenters. The molecule has 0 bridgehead atoms. The van der Waals surface area contributed by atoms with Crippen LogP contribution in [0.2, 0.25) is 5.02 Å². The molecule has 0 aliphatic carbocycles. The molecule has 1 saturated heterocycles. The van der Waals surface area contributed by atoms with Crippen LogP contribution in [-0.4, -0.2) is 54.0 Å². The van der Waals surface area contributed by atoms with E-state index in [0.717, 1.165) is 48.5 Å². The third-order valence-electron chi connectivity index (χ3n) is 6.38. The Hall–Kier alpha value is -3.88. The first kappa shape index (κ1) is 24.8. The van der Waals surface area contributed by atoms with Gasteiger partial charge < -0.3 is 25.8 Å². The molecule has 1 fully saturated rings. The summed E-state index contributed by atoms with van der Waals surface area (Å²) in [6.07, 6.45) is 0.415. The second-order valence-corrected chi connectivity index (χ2v) is 9.56. The third-order valence-corrected chi connectivity index (χ3v) is 6.61. The van der Waals surface area contributed by atoms with Gasteiger partial charge >= 0.3 is 0 Å². The zero-order valence-electron chi connectivity index (χ0n) is 21.0. The Bertz CT molecular complexity index is 1400. The van der Waals surface area contributed by atoms with Crippen LogP contribution in [0.4, 0.5) is 34.5 Å². The van der Waals surface area contributed by atoms with Gasteiger partial charge in [0.15, 0.2) is 0 Å². The Balaban J connectivity index is 1.40. The number of anilines is 6. The number of rotatable bonds is 7. The van der Waals surface area contributed by atoms with Gasteiger partial charge in [-0.25, -0.2) is 4.98 Å². The smallest absolute Gasteiger partial charge is 0.229 e. The van der Waals surface area contributed by atoms with E-state index in [9.17, 15) is 4.79 Å². The number of likely N-dealkylation sites (N-methyl/N-ethyl adjacent to an activating group) is 1. The largest absolute Gasteiger partial charge is 0.369 e. The van der Waals surface area contributed by atoms with E-state index in [0.29, 0.717) is 28.9 Å². The number of nitrogens with zero attached hydrogens (tertiary/aromatic N) is 4. The predicted octanol–water partition coefficient (Wildman–Crippen LogP) is 5.87. The lowest BCUT2D eigenvalue weighted by molar-refractivity contribution is -0.115. The average molecular weight is 516 g/mol. The van der Waals surface area contributed by atoms with Crippen LogP contribution in [0.15, 0.2) is 66.7 Å². The number of amides is 1. The predicted molar refractivity (Wildman–Crippen MR) is 153 cm³/mol. The highest BCUT2D eigenvalue weighted by Gasteiger charge is 2.15. The molecule has 0 unspecified atom stereocenters. The summed E-state index contributed by atoms with van der Waals surface area (Å²) in [7, 11) is 2.16. The Morgan fingerprint density at radius 2 is 1.65 bits per heavy atom. The highest BCUT2D eigenvalue weighted by atomic mass is 35.5. The number of piperazine rings is 1. The normalized spacial score (nSPS) is 14.0. The molecule has 8 nitrogen and oxygen atoms in total. The van der Waals surface area contributed by atoms with Gasteiger partial charge in [-0.2, -0.15) is 4.98 Å². The van der Waals surface area contributed by atoms with Crippen molar-refractivity contribution < 1.29 is 4.79 Å². The van der Waals surface area contributed by atoms with Gasteiger partial charge in [-0.1, -0.05) is 24.6 Å². The fourth-order valence-electron chi connectivity index (χ4n) is 4.26. The average Bonchev–Trinajstić information content (AvgIpc) is 2.90. The van der Waals surface area contributed by atoms with Crippen LogP contribution in [0, 0.1) is 0 Å². The first-order valence-corrected chi connectivity index (χ1v) is 12.8. The van der Waals surface area contributed by atoms with E-state index in [-0.39, 0.29) is 5.91 Å². The lowest BCUT2D eigenvalue weighted by Crippen LogP contribution is -2.44. The zero-order valence-corrected chi connectivity index (χ0v) is 21.7. The molecule has 3 aromatic carbocycles. The maximum absolute atomic E-state index is 11.8. The van der Waals surface area contributed by atoms with Gasteiger partial charge in [0.1, 0.15) is 5.82 Å². The highest BCUT2D eigenvalue weighted by Crippen LogP contribution is 2.30. The van der Waals surface area contributed by atoms with Gasteiger partial charge in [-0.05, 0) is 67.7 Å². The first-order chi connectivity index (χ1) is 18.0. The van der Waals surface area contributed by atoms with Crippen LogP contribution in [0.5, 0.6) is 0 Å². The molecule has 2 heterocycles. The van der Waals surface area contributed by atoms with E-state index in [1.54, 1.807) is 0 Å². The second-order valence-electron chi connectivity index (χ2n) is 9.13. The second kappa shape index (κ2) is 11.0. The number of benzene rings is 3. The Morgan fingerprint density at radius 3 is 2.41 bits per heavy atom. The molecule has 0 spiro atoms. The molecular formula is C28H30ClN7O. The standard InChI is InChI=1S/C28H30ClN7O/c1-3-26(37)30-21-5-4-6-22(18-21)31-27-24-17-19(29)7-12-25(24)33-28(34-27)32-20-8-10-23(11-9-20)36-15-13-35(2)14-16-36/h4-12,17-18H,3,13-16H2,1-2H3,(H,30,37)(H2,31,32,33,34). The van der Waals surface area contributed by atoms with Crippen LogP contribution in [-0.2, 0) is 4.79 Å². The molecular weight excluding hydrogens is 486 g/mol. The molecule has 1 aliphatic rings. The maximum Gasteiger partial charge on any atom is 0.229 e. The SMILES string of the molecule is CCC(=O)Nc1cccc(Nc2nc(Nc3ccc(N4CCN(C)CC4)cc3)nc3ccc(Cl)cc23)c1. The van der Waals surface area contributed by atoms with Gasteiger partial charge in [0.05, 0.1) is 5.52 Å². The number of hydrogen-bond donors (Lipinski definition) is 3. The van der Waals surface area contributed by atoms with Crippen molar-refractivity contribution in [3.05, 3.63) is 71.8 Å². The minimum atomic E-state index is -0.0402. The summed E-state index contributed by atoms with van der Waals surface area (Å²) in [5.74, 6) is 1.05. The van der Waals surface area contributed by atoms with Crippen molar-refractivity contribution in [1.29, 1.82) is 0 Å². The molecule has 37 heavy (non-hydrogen) atoms. The zero-order chi connectivity index (χ0) is 25.8. The van der Waals surface area contributed by atoms with Crippen LogP contribution in [0.25, 0.3) is 10.9 Å². The molecule has 5 rings (SSSR count). The van der Waals surface area contributed by atoms with Gasteiger partial charge in [-0.3, -0.25) is 4.79 Å². The monoisotopic (exact) mass is 515 g/mol. The minimum Gasteiger partial charge on any atom is -0.369 e. The van der Waals surface area contributed by atoms with E-state index in [2.05, 4.69) is 57.1 Å². The minimum absolute atomic E-state index is 0.0402.